The highest BCUT2D eigenvalue weighted by Crippen LogP contribution is 2.16. The van der Waals surface area contributed by atoms with E-state index in [0.717, 1.165) is 38.0 Å². The fraction of sp³-hybridized carbons (Fsp3) is 0.533. The molecule has 1 fully saturated rings. The van der Waals surface area contributed by atoms with Crippen molar-refractivity contribution in [1.29, 1.82) is 5.26 Å². The van der Waals surface area contributed by atoms with Crippen LogP contribution in [-0.4, -0.2) is 19.3 Å². The van der Waals surface area contributed by atoms with Gasteiger partial charge >= 0.3 is 0 Å². The molecule has 0 amide bonds. The number of nitriles is 1. The maximum Gasteiger partial charge on any atom is 0.131 e. The minimum atomic E-state index is -0.678. The Bertz CT molecular complexity index is 470. The van der Waals surface area contributed by atoms with E-state index >= 15 is 0 Å². The quantitative estimate of drug-likeness (QED) is 0.843. The van der Waals surface area contributed by atoms with Crippen LogP contribution < -0.4 is 5.32 Å². The molecular formula is C15H18F2N2O. The third-order valence-corrected chi connectivity index (χ3v) is 3.49. The number of ether oxygens (including phenoxy) is 1. The van der Waals surface area contributed by atoms with Crippen LogP contribution in [0.3, 0.4) is 0 Å². The monoisotopic (exact) mass is 280 g/mol. The van der Waals surface area contributed by atoms with E-state index in [-0.39, 0.29) is 23.8 Å². The standard InChI is InChI=1S/C15H18F2N2O/c16-14-7-11(9-18)8-15(17)13(14)10-19-5-4-12-3-1-2-6-20-12/h7-8,12,19H,1-6,10H2. The average Bonchev–Trinajstić information content (AvgIpc) is 2.46. The Balaban J connectivity index is 1.80. The molecule has 1 saturated heterocycles. The summed E-state index contributed by atoms with van der Waals surface area (Å²) in [5.74, 6) is -1.36. The highest BCUT2D eigenvalue weighted by molar-refractivity contribution is 5.34. The van der Waals surface area contributed by atoms with Crippen LogP contribution in [0, 0.1) is 23.0 Å². The van der Waals surface area contributed by atoms with Gasteiger partial charge in [-0.25, -0.2) is 8.78 Å². The van der Waals surface area contributed by atoms with Gasteiger partial charge in [-0.1, -0.05) is 0 Å². The first kappa shape index (κ1) is 14.9. The zero-order chi connectivity index (χ0) is 14.4. The summed E-state index contributed by atoms with van der Waals surface area (Å²) in [5, 5.41) is 11.6. The van der Waals surface area contributed by atoms with Gasteiger partial charge in [0.05, 0.1) is 17.7 Å². The summed E-state index contributed by atoms with van der Waals surface area (Å²) in [6, 6.07) is 3.85. The summed E-state index contributed by atoms with van der Waals surface area (Å²) < 4.78 is 32.8. The van der Waals surface area contributed by atoms with Gasteiger partial charge < -0.3 is 10.1 Å². The number of rotatable bonds is 5. The summed E-state index contributed by atoms with van der Waals surface area (Å²) in [6.45, 7) is 1.59. The number of halogens is 2. The second kappa shape index (κ2) is 7.32. The highest BCUT2D eigenvalue weighted by Gasteiger charge is 2.14. The smallest absolute Gasteiger partial charge is 0.131 e. The van der Waals surface area contributed by atoms with Crippen molar-refractivity contribution in [3.63, 3.8) is 0 Å². The number of hydrogen-bond donors (Lipinski definition) is 1. The molecule has 1 atom stereocenters. The normalized spacial score (nSPS) is 18.8. The van der Waals surface area contributed by atoms with E-state index in [1.807, 2.05) is 0 Å². The summed E-state index contributed by atoms with van der Waals surface area (Å²) in [5.41, 5.74) is -0.0204. The number of benzene rings is 1. The van der Waals surface area contributed by atoms with Gasteiger partial charge in [0.2, 0.25) is 0 Å². The fourth-order valence-corrected chi connectivity index (χ4v) is 2.35. The zero-order valence-corrected chi connectivity index (χ0v) is 11.3. The maximum absolute atomic E-state index is 13.6. The molecule has 0 bridgehead atoms. The predicted octanol–water partition coefficient (Wildman–Crippen LogP) is 2.89. The first-order valence-electron chi connectivity index (χ1n) is 6.91. The highest BCUT2D eigenvalue weighted by atomic mass is 19.1. The minimum absolute atomic E-state index is 0.000597. The van der Waals surface area contributed by atoms with Crippen LogP contribution in [0.15, 0.2) is 12.1 Å². The first-order valence-corrected chi connectivity index (χ1v) is 6.91. The van der Waals surface area contributed by atoms with E-state index in [2.05, 4.69) is 5.32 Å². The molecule has 1 aromatic carbocycles. The third kappa shape index (κ3) is 3.99. The molecule has 0 spiro atoms. The molecule has 5 heteroatoms. The molecule has 1 heterocycles. The average molecular weight is 280 g/mol. The molecule has 0 aromatic heterocycles. The van der Waals surface area contributed by atoms with Gasteiger partial charge in [-0.05, 0) is 44.4 Å². The van der Waals surface area contributed by atoms with Crippen molar-refractivity contribution in [2.75, 3.05) is 13.2 Å². The van der Waals surface area contributed by atoms with Gasteiger partial charge in [0, 0.05) is 18.7 Å². The van der Waals surface area contributed by atoms with E-state index < -0.39 is 11.6 Å². The molecule has 2 rings (SSSR count). The van der Waals surface area contributed by atoms with Crippen LogP contribution >= 0.6 is 0 Å². The Kier molecular flexibility index (Phi) is 5.45. The van der Waals surface area contributed by atoms with Crippen LogP contribution in [0.1, 0.15) is 36.8 Å². The van der Waals surface area contributed by atoms with Crippen molar-refractivity contribution in [3.8, 4) is 6.07 Å². The number of nitrogens with zero attached hydrogens (tertiary/aromatic N) is 1. The van der Waals surface area contributed by atoms with Gasteiger partial charge in [-0.3, -0.25) is 0 Å². The van der Waals surface area contributed by atoms with E-state index in [0.29, 0.717) is 6.54 Å². The van der Waals surface area contributed by atoms with Crippen LogP contribution in [0.4, 0.5) is 8.78 Å². The summed E-state index contributed by atoms with van der Waals surface area (Å²) in [7, 11) is 0. The van der Waals surface area contributed by atoms with Crippen molar-refractivity contribution in [3.05, 3.63) is 34.9 Å². The summed E-state index contributed by atoms with van der Waals surface area (Å²) >= 11 is 0. The molecule has 108 valence electrons. The topological polar surface area (TPSA) is 45.0 Å². The molecule has 0 radical (unpaired) electrons. The van der Waals surface area contributed by atoms with E-state index in [1.165, 1.54) is 6.42 Å². The number of nitrogens with one attached hydrogen (secondary N) is 1. The molecule has 1 aliphatic heterocycles. The first-order chi connectivity index (χ1) is 9.70. The van der Waals surface area contributed by atoms with Crippen molar-refractivity contribution < 1.29 is 13.5 Å². The Morgan fingerprint density at radius 3 is 2.65 bits per heavy atom. The van der Waals surface area contributed by atoms with Gasteiger partial charge in [0.1, 0.15) is 11.6 Å². The number of hydrogen-bond acceptors (Lipinski definition) is 3. The molecule has 0 saturated carbocycles. The Morgan fingerprint density at radius 2 is 2.05 bits per heavy atom. The lowest BCUT2D eigenvalue weighted by Crippen LogP contribution is -2.25. The van der Waals surface area contributed by atoms with E-state index in [9.17, 15) is 8.78 Å². The SMILES string of the molecule is N#Cc1cc(F)c(CNCCC2CCCCO2)c(F)c1. The Hall–Kier alpha value is -1.51. The molecule has 0 aliphatic carbocycles. The van der Waals surface area contributed by atoms with Gasteiger partial charge in [0.15, 0.2) is 0 Å². The fourth-order valence-electron chi connectivity index (χ4n) is 2.35. The largest absolute Gasteiger partial charge is 0.378 e. The predicted molar refractivity (Wildman–Crippen MR) is 71.0 cm³/mol. The zero-order valence-electron chi connectivity index (χ0n) is 11.3. The van der Waals surface area contributed by atoms with Gasteiger partial charge in [-0.2, -0.15) is 5.26 Å². The lowest BCUT2D eigenvalue weighted by atomic mass is 10.1. The molecule has 1 aliphatic rings. The second-order valence-electron chi connectivity index (χ2n) is 4.98. The molecule has 1 N–H and O–H groups in total. The van der Waals surface area contributed by atoms with E-state index in [1.54, 1.807) is 6.07 Å². The Labute approximate surface area is 117 Å². The van der Waals surface area contributed by atoms with Crippen LogP contribution in [-0.2, 0) is 11.3 Å². The van der Waals surface area contributed by atoms with Crippen molar-refractivity contribution in [1.82, 2.24) is 5.32 Å². The molecule has 20 heavy (non-hydrogen) atoms. The lowest BCUT2D eigenvalue weighted by molar-refractivity contribution is 0.0115. The van der Waals surface area contributed by atoms with Crippen LogP contribution in [0.25, 0.3) is 0 Å². The van der Waals surface area contributed by atoms with E-state index in [4.69, 9.17) is 10.00 Å². The third-order valence-electron chi connectivity index (χ3n) is 3.49. The van der Waals surface area contributed by atoms with Crippen molar-refractivity contribution in [2.45, 2.75) is 38.3 Å². The van der Waals surface area contributed by atoms with Gasteiger partial charge in [0.25, 0.3) is 0 Å². The molecule has 3 nitrogen and oxygen atoms in total. The van der Waals surface area contributed by atoms with Crippen molar-refractivity contribution >= 4 is 0 Å². The Morgan fingerprint density at radius 1 is 1.30 bits per heavy atom. The van der Waals surface area contributed by atoms with Crippen LogP contribution in [0.2, 0.25) is 0 Å². The summed E-state index contributed by atoms with van der Waals surface area (Å²) in [6.07, 6.45) is 4.46. The molecule has 1 aromatic rings. The molecular weight excluding hydrogens is 262 g/mol. The maximum atomic E-state index is 13.6. The molecule has 1 unspecified atom stereocenters. The minimum Gasteiger partial charge on any atom is -0.378 e. The second-order valence-corrected chi connectivity index (χ2v) is 4.98. The lowest BCUT2D eigenvalue weighted by Gasteiger charge is -2.22. The van der Waals surface area contributed by atoms with Gasteiger partial charge in [-0.15, -0.1) is 0 Å². The van der Waals surface area contributed by atoms with Crippen LogP contribution in [0.5, 0.6) is 0 Å². The van der Waals surface area contributed by atoms with Crippen molar-refractivity contribution in [2.24, 2.45) is 0 Å². The summed E-state index contributed by atoms with van der Waals surface area (Å²) in [4.78, 5) is 0.